The van der Waals surface area contributed by atoms with Gasteiger partial charge in [0.25, 0.3) is 0 Å². The minimum atomic E-state index is -0.276. The first-order valence-corrected chi connectivity index (χ1v) is 8.41. The molecule has 0 amide bonds. The van der Waals surface area contributed by atoms with Crippen LogP contribution in [0.3, 0.4) is 0 Å². The molecule has 0 aliphatic rings. The molecule has 4 heteroatoms. The van der Waals surface area contributed by atoms with E-state index in [0.29, 0.717) is 12.5 Å². The monoisotopic (exact) mass is 295 g/mol. The molecule has 0 aliphatic carbocycles. The summed E-state index contributed by atoms with van der Waals surface area (Å²) in [4.78, 5) is 2.61. The van der Waals surface area contributed by atoms with Crippen molar-refractivity contribution >= 4 is 22.7 Å². The average molecular weight is 295 g/mol. The van der Waals surface area contributed by atoms with Crippen LogP contribution in [0.5, 0.6) is 0 Å². The van der Waals surface area contributed by atoms with E-state index in [1.807, 2.05) is 0 Å². The average Bonchev–Trinajstić information content (AvgIpc) is 3.00. The number of aliphatic hydroxyl groups is 1. The second-order valence-electron chi connectivity index (χ2n) is 5.16. The first-order valence-electron chi connectivity index (χ1n) is 6.65. The summed E-state index contributed by atoms with van der Waals surface area (Å²) in [6.45, 7) is 4.91. The molecule has 2 aromatic rings. The largest absolute Gasteiger partial charge is 0.392 e. The fraction of sp³-hybridized carbons (Fsp3) is 0.467. The van der Waals surface area contributed by atoms with Crippen LogP contribution in [-0.2, 0) is 0 Å². The zero-order chi connectivity index (χ0) is 13.7. The van der Waals surface area contributed by atoms with Gasteiger partial charge in [0.2, 0.25) is 0 Å². The maximum Gasteiger partial charge on any atom is 0.0765 e. The number of hydrogen-bond donors (Lipinski definition) is 2. The Kier molecular flexibility index (Phi) is 5.58. The van der Waals surface area contributed by atoms with E-state index in [9.17, 15) is 5.11 Å². The molecule has 0 fully saturated rings. The normalized spacial score (nSPS) is 13.3. The second-order valence-corrected chi connectivity index (χ2v) is 7.11. The Morgan fingerprint density at radius 3 is 2.11 bits per heavy atom. The number of thiophene rings is 2. The molecule has 0 saturated heterocycles. The van der Waals surface area contributed by atoms with Gasteiger partial charge in [-0.2, -0.15) is 0 Å². The highest BCUT2D eigenvalue weighted by Crippen LogP contribution is 2.29. The molecule has 2 nitrogen and oxygen atoms in total. The van der Waals surface area contributed by atoms with Gasteiger partial charge in [-0.1, -0.05) is 26.0 Å². The zero-order valence-electron chi connectivity index (χ0n) is 11.4. The first kappa shape index (κ1) is 14.7. The Morgan fingerprint density at radius 2 is 1.68 bits per heavy atom. The van der Waals surface area contributed by atoms with Gasteiger partial charge in [-0.3, -0.25) is 0 Å². The molecular weight excluding hydrogens is 274 g/mol. The third-order valence-corrected chi connectivity index (χ3v) is 4.83. The van der Waals surface area contributed by atoms with Crippen LogP contribution in [-0.4, -0.2) is 17.8 Å². The van der Waals surface area contributed by atoms with E-state index in [1.165, 1.54) is 9.75 Å². The molecule has 0 spiro atoms. The van der Waals surface area contributed by atoms with Gasteiger partial charge in [-0.15, -0.1) is 22.7 Å². The van der Waals surface area contributed by atoms with Gasteiger partial charge in [0.15, 0.2) is 0 Å². The summed E-state index contributed by atoms with van der Waals surface area (Å²) in [5.74, 6) is 0.527. The fourth-order valence-electron chi connectivity index (χ4n) is 2.13. The summed E-state index contributed by atoms with van der Waals surface area (Å²) < 4.78 is 0. The summed E-state index contributed by atoms with van der Waals surface area (Å²) in [5.41, 5.74) is 0. The lowest BCUT2D eigenvalue weighted by Crippen LogP contribution is -2.31. The highest BCUT2D eigenvalue weighted by atomic mass is 32.1. The molecule has 0 aliphatic heterocycles. The SMILES string of the molecule is CC(C)CC(O)CNC(c1cccs1)c1cccs1. The maximum atomic E-state index is 10.0. The van der Waals surface area contributed by atoms with Crippen LogP contribution in [0.4, 0.5) is 0 Å². The molecule has 0 aromatic carbocycles. The Hall–Kier alpha value is -0.680. The molecule has 19 heavy (non-hydrogen) atoms. The number of nitrogens with one attached hydrogen (secondary N) is 1. The van der Waals surface area contributed by atoms with E-state index in [0.717, 1.165) is 6.42 Å². The van der Waals surface area contributed by atoms with E-state index in [4.69, 9.17) is 0 Å². The van der Waals surface area contributed by atoms with Crippen molar-refractivity contribution in [3.8, 4) is 0 Å². The van der Waals surface area contributed by atoms with E-state index < -0.39 is 0 Å². The Labute approximate surface area is 123 Å². The van der Waals surface area contributed by atoms with Crippen LogP contribution < -0.4 is 5.32 Å². The van der Waals surface area contributed by atoms with Crippen LogP contribution in [0.2, 0.25) is 0 Å². The van der Waals surface area contributed by atoms with Gasteiger partial charge >= 0.3 is 0 Å². The Balaban J connectivity index is 2.00. The minimum Gasteiger partial charge on any atom is -0.392 e. The van der Waals surface area contributed by atoms with Crippen molar-refractivity contribution in [1.29, 1.82) is 0 Å². The molecule has 2 rings (SSSR count). The summed E-state index contributed by atoms with van der Waals surface area (Å²) in [7, 11) is 0. The van der Waals surface area contributed by atoms with Crippen molar-refractivity contribution in [3.63, 3.8) is 0 Å². The maximum absolute atomic E-state index is 10.0. The molecule has 1 atom stereocenters. The van der Waals surface area contributed by atoms with Crippen LogP contribution in [0.15, 0.2) is 35.0 Å². The van der Waals surface area contributed by atoms with E-state index in [2.05, 4.69) is 54.2 Å². The number of hydrogen-bond acceptors (Lipinski definition) is 4. The highest BCUT2D eigenvalue weighted by molar-refractivity contribution is 7.11. The topological polar surface area (TPSA) is 32.3 Å². The predicted octanol–water partition coefficient (Wildman–Crippen LogP) is 3.90. The van der Waals surface area contributed by atoms with Gasteiger partial charge < -0.3 is 10.4 Å². The van der Waals surface area contributed by atoms with Crippen LogP contribution >= 0.6 is 22.7 Å². The standard InChI is InChI=1S/C15H21NOS2/c1-11(2)9-12(17)10-16-15(13-5-3-7-18-13)14-6-4-8-19-14/h3-8,11-12,15-17H,9-10H2,1-2H3. The first-order chi connectivity index (χ1) is 9.16. The smallest absolute Gasteiger partial charge is 0.0765 e. The van der Waals surface area contributed by atoms with Gasteiger partial charge in [0.1, 0.15) is 0 Å². The van der Waals surface area contributed by atoms with Crippen LogP contribution in [0.25, 0.3) is 0 Å². The molecule has 2 heterocycles. The van der Waals surface area contributed by atoms with Gasteiger partial charge in [0.05, 0.1) is 12.1 Å². The van der Waals surface area contributed by atoms with Gasteiger partial charge in [-0.05, 0) is 35.2 Å². The summed E-state index contributed by atoms with van der Waals surface area (Å²) in [5, 5.41) is 17.7. The molecular formula is C15H21NOS2. The van der Waals surface area contributed by atoms with Crippen molar-refractivity contribution in [2.75, 3.05) is 6.54 Å². The second kappa shape index (κ2) is 7.20. The highest BCUT2D eigenvalue weighted by Gasteiger charge is 2.17. The number of aliphatic hydroxyl groups excluding tert-OH is 1. The Bertz CT molecular complexity index is 416. The van der Waals surface area contributed by atoms with Crippen molar-refractivity contribution in [2.45, 2.75) is 32.4 Å². The molecule has 1 unspecified atom stereocenters. The fourth-order valence-corrected chi connectivity index (χ4v) is 3.84. The van der Waals surface area contributed by atoms with Crippen molar-refractivity contribution in [2.24, 2.45) is 5.92 Å². The van der Waals surface area contributed by atoms with Crippen molar-refractivity contribution in [1.82, 2.24) is 5.32 Å². The van der Waals surface area contributed by atoms with Crippen molar-refractivity contribution < 1.29 is 5.11 Å². The summed E-state index contributed by atoms with van der Waals surface area (Å²) in [6.07, 6.45) is 0.566. The summed E-state index contributed by atoms with van der Waals surface area (Å²) in [6, 6.07) is 8.66. The predicted molar refractivity (Wildman–Crippen MR) is 83.9 cm³/mol. The zero-order valence-corrected chi connectivity index (χ0v) is 13.0. The molecule has 2 N–H and O–H groups in total. The molecule has 0 bridgehead atoms. The minimum absolute atomic E-state index is 0.210. The Morgan fingerprint density at radius 1 is 1.11 bits per heavy atom. The van der Waals surface area contributed by atoms with E-state index in [-0.39, 0.29) is 12.1 Å². The molecule has 104 valence electrons. The van der Waals surface area contributed by atoms with E-state index in [1.54, 1.807) is 22.7 Å². The van der Waals surface area contributed by atoms with Crippen LogP contribution in [0, 0.1) is 5.92 Å². The lowest BCUT2D eigenvalue weighted by atomic mass is 10.1. The molecule has 2 aromatic heterocycles. The quantitative estimate of drug-likeness (QED) is 0.812. The van der Waals surface area contributed by atoms with Crippen LogP contribution in [0.1, 0.15) is 36.1 Å². The van der Waals surface area contributed by atoms with Crippen molar-refractivity contribution in [3.05, 3.63) is 44.8 Å². The third kappa shape index (κ3) is 4.42. The van der Waals surface area contributed by atoms with E-state index >= 15 is 0 Å². The lowest BCUT2D eigenvalue weighted by Gasteiger charge is -2.20. The molecule has 0 saturated carbocycles. The lowest BCUT2D eigenvalue weighted by molar-refractivity contribution is 0.144. The summed E-state index contributed by atoms with van der Waals surface area (Å²) >= 11 is 3.51. The van der Waals surface area contributed by atoms with Gasteiger partial charge in [0, 0.05) is 16.3 Å². The number of rotatable bonds is 7. The molecule has 0 radical (unpaired) electrons. The van der Waals surface area contributed by atoms with Gasteiger partial charge in [-0.25, -0.2) is 0 Å². The third-order valence-electron chi connectivity index (χ3n) is 2.96.